The van der Waals surface area contributed by atoms with E-state index in [9.17, 15) is 4.79 Å². The zero-order valence-electron chi connectivity index (χ0n) is 7.09. The highest BCUT2D eigenvalue weighted by Crippen LogP contribution is 2.22. The van der Waals surface area contributed by atoms with Crippen LogP contribution >= 0.6 is 0 Å². The van der Waals surface area contributed by atoms with Crippen LogP contribution in [0.2, 0.25) is 5.54 Å². The van der Waals surface area contributed by atoms with Crippen LogP contribution in [0.1, 0.15) is 6.42 Å². The molecule has 1 N–H and O–H groups in total. The lowest BCUT2D eigenvalue weighted by Gasteiger charge is -2.26. The average Bonchev–Trinajstić information content (AvgIpc) is 2.04. The van der Waals surface area contributed by atoms with Crippen molar-refractivity contribution in [3.8, 4) is 0 Å². The predicted octanol–water partition coefficient (Wildman–Crippen LogP) is -1.08. The maximum atomic E-state index is 11.1. The first kappa shape index (κ1) is 8.74. The number of carbonyl (C=O) groups excluding carboxylic acids is 1. The summed E-state index contributed by atoms with van der Waals surface area (Å²) in [5.74, 6) is 0.152. The molecule has 4 heteroatoms. The van der Waals surface area contributed by atoms with E-state index in [0.29, 0.717) is 5.54 Å². The minimum atomic E-state index is -0.0218. The molecule has 0 bridgehead atoms. The van der Waals surface area contributed by atoms with Gasteiger partial charge in [0.15, 0.2) is 0 Å². The molecule has 2 atom stereocenters. The minimum Gasteiger partial charge on any atom is -0.469 e. The van der Waals surface area contributed by atoms with E-state index in [1.54, 1.807) is 0 Å². The SMILES string of the molecule is COC(=O)[C@H]1CCNCC1[SiH3]. The van der Waals surface area contributed by atoms with Crippen LogP contribution in [0.15, 0.2) is 0 Å². The molecule has 1 fully saturated rings. The van der Waals surface area contributed by atoms with Crippen LogP contribution in [-0.2, 0) is 9.53 Å². The minimum absolute atomic E-state index is 0.0218. The Labute approximate surface area is 69.9 Å². The highest BCUT2D eigenvalue weighted by Gasteiger charge is 2.27. The molecule has 0 aromatic rings. The monoisotopic (exact) mass is 173 g/mol. The van der Waals surface area contributed by atoms with E-state index in [1.165, 1.54) is 7.11 Å². The molecule has 0 aliphatic carbocycles. The molecule has 1 saturated heterocycles. The molecule has 0 spiro atoms. The van der Waals surface area contributed by atoms with Gasteiger partial charge >= 0.3 is 5.97 Å². The van der Waals surface area contributed by atoms with E-state index in [-0.39, 0.29) is 11.9 Å². The van der Waals surface area contributed by atoms with Crippen molar-refractivity contribution in [1.82, 2.24) is 5.32 Å². The number of carbonyl (C=O) groups is 1. The summed E-state index contributed by atoms with van der Waals surface area (Å²) in [7, 11) is 2.54. The number of hydrogen-bond acceptors (Lipinski definition) is 3. The van der Waals surface area contributed by atoms with Crippen LogP contribution in [0.25, 0.3) is 0 Å². The number of esters is 1. The molecule has 0 radical (unpaired) electrons. The number of hydrogen-bond donors (Lipinski definition) is 1. The van der Waals surface area contributed by atoms with Gasteiger partial charge in [0.25, 0.3) is 0 Å². The summed E-state index contributed by atoms with van der Waals surface area (Å²) in [6.45, 7) is 1.95. The van der Waals surface area contributed by atoms with Crippen molar-refractivity contribution >= 4 is 16.2 Å². The van der Waals surface area contributed by atoms with Gasteiger partial charge in [-0.25, -0.2) is 0 Å². The Hall–Kier alpha value is -0.353. The quantitative estimate of drug-likeness (QED) is 0.405. The summed E-state index contributed by atoms with van der Waals surface area (Å²) in [5, 5.41) is 3.27. The topological polar surface area (TPSA) is 38.3 Å². The Morgan fingerprint density at radius 1 is 1.73 bits per heavy atom. The van der Waals surface area contributed by atoms with Gasteiger partial charge < -0.3 is 10.1 Å². The van der Waals surface area contributed by atoms with Gasteiger partial charge in [0.05, 0.1) is 13.0 Å². The Morgan fingerprint density at radius 2 is 2.45 bits per heavy atom. The number of rotatable bonds is 1. The van der Waals surface area contributed by atoms with Gasteiger partial charge in [-0.2, -0.15) is 0 Å². The maximum absolute atomic E-state index is 11.1. The molecule has 0 saturated carbocycles. The lowest BCUT2D eigenvalue weighted by molar-refractivity contribution is -0.146. The molecule has 1 rings (SSSR count). The zero-order chi connectivity index (χ0) is 8.27. The summed E-state index contributed by atoms with van der Waals surface area (Å²) in [4.78, 5) is 11.1. The van der Waals surface area contributed by atoms with E-state index in [0.717, 1.165) is 29.8 Å². The molecule has 1 heterocycles. The highest BCUT2D eigenvalue weighted by molar-refractivity contribution is 6.13. The van der Waals surface area contributed by atoms with Gasteiger partial charge in [-0.05, 0) is 25.1 Å². The summed E-state index contributed by atoms with van der Waals surface area (Å²) in [6, 6.07) is 0. The van der Waals surface area contributed by atoms with E-state index in [2.05, 4.69) is 5.32 Å². The summed E-state index contributed by atoms with van der Waals surface area (Å²) in [6.07, 6.45) is 0.945. The van der Waals surface area contributed by atoms with E-state index in [1.807, 2.05) is 0 Å². The number of nitrogens with one attached hydrogen (secondary N) is 1. The Morgan fingerprint density at radius 3 is 3.00 bits per heavy atom. The molecule has 0 aromatic heterocycles. The smallest absolute Gasteiger partial charge is 0.308 e. The van der Waals surface area contributed by atoms with Crippen molar-refractivity contribution in [1.29, 1.82) is 0 Å². The van der Waals surface area contributed by atoms with Crippen molar-refractivity contribution in [3.63, 3.8) is 0 Å². The number of piperidine rings is 1. The van der Waals surface area contributed by atoms with E-state index >= 15 is 0 Å². The van der Waals surface area contributed by atoms with Crippen LogP contribution in [0.4, 0.5) is 0 Å². The summed E-state index contributed by atoms with van der Waals surface area (Å²) >= 11 is 0. The van der Waals surface area contributed by atoms with Gasteiger partial charge in [0.2, 0.25) is 0 Å². The van der Waals surface area contributed by atoms with Crippen LogP contribution in [0, 0.1) is 5.92 Å². The molecule has 1 unspecified atom stereocenters. The second kappa shape index (κ2) is 3.87. The Bertz CT molecular complexity index is 151. The standard InChI is InChI=1S/C7H15NO2Si/c1-10-7(9)5-2-3-8-4-6(5)11/h5-6,8H,2-4H2,1,11H3/t5-,6?/m0/s1. The lowest BCUT2D eigenvalue weighted by Crippen LogP contribution is -2.37. The molecule has 11 heavy (non-hydrogen) atoms. The van der Waals surface area contributed by atoms with Gasteiger partial charge in [0, 0.05) is 10.2 Å². The molecule has 0 amide bonds. The summed E-state index contributed by atoms with van der Waals surface area (Å²) < 4.78 is 4.72. The first-order valence-corrected chi connectivity index (χ1v) is 5.19. The van der Waals surface area contributed by atoms with Crippen molar-refractivity contribution in [2.24, 2.45) is 5.92 Å². The fourth-order valence-electron chi connectivity index (χ4n) is 1.52. The largest absolute Gasteiger partial charge is 0.469 e. The number of methoxy groups -OCH3 is 1. The molecule has 1 aliphatic rings. The van der Waals surface area contributed by atoms with Crippen molar-refractivity contribution in [3.05, 3.63) is 0 Å². The van der Waals surface area contributed by atoms with Crippen LogP contribution in [0.3, 0.4) is 0 Å². The van der Waals surface area contributed by atoms with Crippen LogP contribution in [0.5, 0.6) is 0 Å². The Balaban J connectivity index is 2.47. The van der Waals surface area contributed by atoms with Crippen molar-refractivity contribution in [2.75, 3.05) is 20.2 Å². The second-order valence-corrected chi connectivity index (χ2v) is 4.58. The molecule has 0 aromatic carbocycles. The third kappa shape index (κ3) is 2.04. The average molecular weight is 173 g/mol. The normalized spacial score (nSPS) is 31.7. The van der Waals surface area contributed by atoms with E-state index in [4.69, 9.17) is 4.74 Å². The highest BCUT2D eigenvalue weighted by atomic mass is 28.1. The first-order chi connectivity index (χ1) is 5.25. The van der Waals surface area contributed by atoms with Crippen LogP contribution < -0.4 is 5.32 Å². The molecule has 1 aliphatic heterocycles. The summed E-state index contributed by atoms with van der Waals surface area (Å²) in [5.41, 5.74) is 0.552. The Kier molecular flexibility index (Phi) is 3.08. The fourth-order valence-corrected chi connectivity index (χ4v) is 2.41. The maximum Gasteiger partial charge on any atom is 0.308 e. The van der Waals surface area contributed by atoms with Gasteiger partial charge in [-0.15, -0.1) is 0 Å². The molecular formula is C7H15NO2Si. The van der Waals surface area contributed by atoms with Gasteiger partial charge in [0.1, 0.15) is 0 Å². The van der Waals surface area contributed by atoms with Crippen LogP contribution in [-0.4, -0.2) is 36.4 Å². The second-order valence-electron chi connectivity index (χ2n) is 3.10. The van der Waals surface area contributed by atoms with Crippen molar-refractivity contribution in [2.45, 2.75) is 12.0 Å². The molecular weight excluding hydrogens is 158 g/mol. The third-order valence-corrected chi connectivity index (χ3v) is 3.50. The fraction of sp³-hybridized carbons (Fsp3) is 0.857. The predicted molar refractivity (Wildman–Crippen MR) is 46.7 cm³/mol. The molecule has 3 nitrogen and oxygen atoms in total. The van der Waals surface area contributed by atoms with Gasteiger partial charge in [-0.1, -0.05) is 0 Å². The van der Waals surface area contributed by atoms with Crippen molar-refractivity contribution < 1.29 is 9.53 Å². The van der Waals surface area contributed by atoms with E-state index < -0.39 is 0 Å². The van der Waals surface area contributed by atoms with Gasteiger partial charge in [-0.3, -0.25) is 4.79 Å². The zero-order valence-corrected chi connectivity index (χ0v) is 9.09. The molecule has 64 valence electrons. The lowest BCUT2D eigenvalue weighted by atomic mass is 9.98. The first-order valence-electron chi connectivity index (χ1n) is 4.04. The number of ether oxygens (including phenoxy) is 1. The third-order valence-electron chi connectivity index (χ3n) is 2.29.